The lowest BCUT2D eigenvalue weighted by Crippen LogP contribution is -2.38. The molecule has 0 fully saturated rings. The highest BCUT2D eigenvalue weighted by Crippen LogP contribution is 2.34. The molecule has 0 unspecified atom stereocenters. The van der Waals surface area contributed by atoms with Crippen LogP contribution < -0.4 is 19.1 Å². The summed E-state index contributed by atoms with van der Waals surface area (Å²) in [5.41, 5.74) is 1.39. The van der Waals surface area contributed by atoms with E-state index in [1.807, 2.05) is 6.92 Å². The van der Waals surface area contributed by atoms with E-state index >= 15 is 0 Å². The smallest absolute Gasteiger partial charge is 0.268 e. The monoisotopic (exact) mass is 522 g/mol. The SMILES string of the molecule is CCOc1ccc(NC(=O)CN(c2ccc(Cl)c(Cl)c2)S(=O)(=O)c2cc(C)ccc2OC)cc1. The lowest BCUT2D eigenvalue weighted by atomic mass is 10.2. The van der Waals surface area contributed by atoms with Crippen molar-refractivity contribution in [3.05, 3.63) is 76.3 Å². The first-order chi connectivity index (χ1) is 16.1. The maximum Gasteiger partial charge on any atom is 0.268 e. The first-order valence-electron chi connectivity index (χ1n) is 10.3. The van der Waals surface area contributed by atoms with Crippen molar-refractivity contribution in [2.75, 3.05) is 29.9 Å². The van der Waals surface area contributed by atoms with Crippen LogP contribution in [-0.4, -0.2) is 34.6 Å². The number of hydrogen-bond donors (Lipinski definition) is 1. The number of nitrogens with zero attached hydrogens (tertiary/aromatic N) is 1. The van der Waals surface area contributed by atoms with E-state index in [9.17, 15) is 13.2 Å². The zero-order chi connectivity index (χ0) is 24.9. The van der Waals surface area contributed by atoms with Crippen LogP contribution in [0.1, 0.15) is 12.5 Å². The Morgan fingerprint density at radius 3 is 2.32 bits per heavy atom. The number of amides is 1. The van der Waals surface area contributed by atoms with E-state index < -0.39 is 22.5 Å². The van der Waals surface area contributed by atoms with Crippen molar-refractivity contribution in [1.82, 2.24) is 0 Å². The van der Waals surface area contributed by atoms with Gasteiger partial charge in [-0.3, -0.25) is 9.10 Å². The number of benzene rings is 3. The lowest BCUT2D eigenvalue weighted by molar-refractivity contribution is -0.114. The van der Waals surface area contributed by atoms with E-state index in [0.29, 0.717) is 23.6 Å². The summed E-state index contributed by atoms with van der Waals surface area (Å²) in [6, 6.07) is 15.9. The summed E-state index contributed by atoms with van der Waals surface area (Å²) < 4.78 is 39.1. The van der Waals surface area contributed by atoms with Gasteiger partial charge in [0.05, 0.1) is 29.4 Å². The molecule has 0 bridgehead atoms. The van der Waals surface area contributed by atoms with Crippen molar-refractivity contribution >= 4 is 50.5 Å². The average molecular weight is 523 g/mol. The Kier molecular flexibility index (Phi) is 8.30. The molecule has 0 saturated carbocycles. The normalized spacial score (nSPS) is 11.1. The maximum atomic E-state index is 13.7. The molecule has 1 amide bonds. The van der Waals surface area contributed by atoms with E-state index in [2.05, 4.69) is 5.32 Å². The number of carbonyl (C=O) groups excluding carboxylic acids is 1. The zero-order valence-electron chi connectivity index (χ0n) is 18.8. The van der Waals surface area contributed by atoms with Crippen LogP contribution in [0.15, 0.2) is 65.6 Å². The van der Waals surface area contributed by atoms with Crippen LogP contribution >= 0.6 is 23.2 Å². The molecule has 3 aromatic rings. The fourth-order valence-corrected chi connectivity index (χ4v) is 5.14. The summed E-state index contributed by atoms with van der Waals surface area (Å²) in [4.78, 5) is 12.8. The molecule has 0 spiro atoms. The molecule has 0 atom stereocenters. The first kappa shape index (κ1) is 25.7. The highest BCUT2D eigenvalue weighted by molar-refractivity contribution is 7.93. The van der Waals surface area contributed by atoms with Gasteiger partial charge in [-0.05, 0) is 74.0 Å². The minimum Gasteiger partial charge on any atom is -0.495 e. The summed E-state index contributed by atoms with van der Waals surface area (Å²) in [7, 11) is -2.84. The largest absolute Gasteiger partial charge is 0.495 e. The van der Waals surface area contributed by atoms with Gasteiger partial charge in [-0.25, -0.2) is 8.42 Å². The quantitative estimate of drug-likeness (QED) is 0.398. The zero-order valence-corrected chi connectivity index (χ0v) is 21.2. The third-order valence-corrected chi connectivity index (χ3v) is 7.35. The second-order valence-electron chi connectivity index (χ2n) is 7.27. The lowest BCUT2D eigenvalue weighted by Gasteiger charge is -2.25. The molecule has 0 aliphatic heterocycles. The Morgan fingerprint density at radius 2 is 1.71 bits per heavy atom. The molecule has 0 heterocycles. The second kappa shape index (κ2) is 11.0. The van der Waals surface area contributed by atoms with Gasteiger partial charge in [-0.1, -0.05) is 29.3 Å². The number of sulfonamides is 1. The molecule has 0 radical (unpaired) electrons. The number of methoxy groups -OCH3 is 1. The molecule has 3 rings (SSSR count). The van der Waals surface area contributed by atoms with Crippen LogP contribution in [0.5, 0.6) is 11.5 Å². The molecule has 0 aliphatic rings. The molecule has 3 aromatic carbocycles. The van der Waals surface area contributed by atoms with Gasteiger partial charge in [-0.2, -0.15) is 0 Å². The molecule has 0 aromatic heterocycles. The highest BCUT2D eigenvalue weighted by atomic mass is 35.5. The number of nitrogens with one attached hydrogen (secondary N) is 1. The summed E-state index contributed by atoms with van der Waals surface area (Å²) in [6.45, 7) is 3.65. The maximum absolute atomic E-state index is 13.7. The summed E-state index contributed by atoms with van der Waals surface area (Å²) in [6.07, 6.45) is 0. The predicted molar refractivity (Wildman–Crippen MR) is 135 cm³/mol. The van der Waals surface area contributed by atoms with Gasteiger partial charge in [0.1, 0.15) is 22.9 Å². The number of hydrogen-bond acceptors (Lipinski definition) is 5. The minimum absolute atomic E-state index is 0.0741. The molecule has 1 N–H and O–H groups in total. The van der Waals surface area contributed by atoms with Crippen LogP contribution in [0.2, 0.25) is 10.0 Å². The van der Waals surface area contributed by atoms with Crippen LogP contribution in [0.25, 0.3) is 0 Å². The summed E-state index contributed by atoms with van der Waals surface area (Å²) >= 11 is 12.2. The number of halogens is 2. The van der Waals surface area contributed by atoms with Crippen LogP contribution in [-0.2, 0) is 14.8 Å². The molecule has 180 valence electrons. The highest BCUT2D eigenvalue weighted by Gasteiger charge is 2.30. The van der Waals surface area contributed by atoms with Gasteiger partial charge in [0, 0.05) is 5.69 Å². The van der Waals surface area contributed by atoms with Gasteiger partial charge in [0.25, 0.3) is 10.0 Å². The Morgan fingerprint density at radius 1 is 1.00 bits per heavy atom. The summed E-state index contributed by atoms with van der Waals surface area (Å²) in [5.74, 6) is 0.264. The second-order valence-corrected chi connectivity index (χ2v) is 9.92. The van der Waals surface area contributed by atoms with E-state index in [4.69, 9.17) is 32.7 Å². The van der Waals surface area contributed by atoms with Gasteiger partial charge >= 0.3 is 0 Å². The van der Waals surface area contributed by atoms with Crippen LogP contribution in [0.4, 0.5) is 11.4 Å². The number of anilines is 2. The van der Waals surface area contributed by atoms with Gasteiger partial charge in [0.15, 0.2) is 0 Å². The fraction of sp³-hybridized carbons (Fsp3) is 0.208. The van der Waals surface area contributed by atoms with Gasteiger partial charge < -0.3 is 14.8 Å². The van der Waals surface area contributed by atoms with E-state index in [-0.39, 0.29) is 26.4 Å². The summed E-state index contributed by atoms with van der Waals surface area (Å²) in [5, 5.41) is 3.12. The number of carbonyl (C=O) groups is 1. The first-order valence-corrected chi connectivity index (χ1v) is 12.5. The van der Waals surface area contributed by atoms with E-state index in [0.717, 1.165) is 4.31 Å². The third-order valence-electron chi connectivity index (χ3n) is 4.81. The number of ether oxygens (including phenoxy) is 2. The van der Waals surface area contributed by atoms with E-state index in [1.165, 1.54) is 31.4 Å². The Bertz CT molecular complexity index is 1280. The van der Waals surface area contributed by atoms with Crippen LogP contribution in [0.3, 0.4) is 0 Å². The van der Waals surface area contributed by atoms with Crippen molar-refractivity contribution in [1.29, 1.82) is 0 Å². The van der Waals surface area contributed by atoms with Gasteiger partial charge in [-0.15, -0.1) is 0 Å². The minimum atomic E-state index is -4.22. The predicted octanol–water partition coefficient (Wildman–Crippen LogP) is 5.54. The van der Waals surface area contributed by atoms with E-state index in [1.54, 1.807) is 43.3 Å². The van der Waals surface area contributed by atoms with Crippen molar-refractivity contribution in [2.45, 2.75) is 18.7 Å². The molecular formula is C24H24Cl2N2O5S. The van der Waals surface area contributed by atoms with Crippen molar-refractivity contribution in [3.63, 3.8) is 0 Å². The number of rotatable bonds is 9. The fourth-order valence-electron chi connectivity index (χ4n) is 3.19. The van der Waals surface area contributed by atoms with Crippen molar-refractivity contribution in [3.8, 4) is 11.5 Å². The molecule has 10 heteroatoms. The van der Waals surface area contributed by atoms with Crippen molar-refractivity contribution < 1.29 is 22.7 Å². The van der Waals surface area contributed by atoms with Crippen LogP contribution in [0, 0.1) is 6.92 Å². The standard InChI is InChI=1S/C24H24Cl2N2O5S/c1-4-33-19-9-6-17(7-10-19)27-24(29)15-28(18-8-11-20(25)21(26)14-18)34(30,31)23-13-16(2)5-12-22(23)32-3/h5-14H,4,15H2,1-3H3,(H,27,29). The Labute approximate surface area is 209 Å². The molecule has 34 heavy (non-hydrogen) atoms. The molecule has 0 aliphatic carbocycles. The number of aryl methyl sites for hydroxylation is 1. The van der Waals surface area contributed by atoms with Gasteiger partial charge in [0.2, 0.25) is 5.91 Å². The van der Waals surface area contributed by atoms with Crippen molar-refractivity contribution in [2.24, 2.45) is 0 Å². The molecular weight excluding hydrogens is 499 g/mol. The molecule has 7 nitrogen and oxygen atoms in total. The topological polar surface area (TPSA) is 84.9 Å². The Balaban J connectivity index is 1.98. The average Bonchev–Trinajstić information content (AvgIpc) is 2.81. The third kappa shape index (κ3) is 5.94. The molecule has 0 saturated heterocycles. The Hall–Kier alpha value is -2.94.